The Labute approximate surface area is 180 Å². The molecule has 8 nitrogen and oxygen atoms in total. The number of anilines is 1. The van der Waals surface area contributed by atoms with Crippen LogP contribution in [-0.2, 0) is 22.0 Å². The van der Waals surface area contributed by atoms with E-state index in [9.17, 15) is 17.6 Å². The van der Waals surface area contributed by atoms with Crippen molar-refractivity contribution in [1.82, 2.24) is 14.6 Å². The molecule has 4 rings (SSSR count). The Morgan fingerprint density at radius 1 is 1.39 bits per heavy atom. The molecule has 2 aliphatic rings. The number of halogens is 1. The number of amides is 1. The average Bonchev–Trinajstić information content (AvgIpc) is 2.83. The average molecular weight is 446 g/mol. The molecule has 31 heavy (non-hydrogen) atoms. The fourth-order valence-corrected chi connectivity index (χ4v) is 6.43. The highest BCUT2D eigenvalue weighted by molar-refractivity contribution is 7.90. The van der Waals surface area contributed by atoms with Crippen LogP contribution in [0.2, 0.25) is 0 Å². The predicted octanol–water partition coefficient (Wildman–Crippen LogP) is 2.50. The maximum Gasteiger partial charge on any atom is 0.274 e. The van der Waals surface area contributed by atoms with Gasteiger partial charge < -0.3 is 10.6 Å². The largest absolute Gasteiger partial charge is 0.345 e. The number of pyridine rings is 1. The first-order valence-electron chi connectivity index (χ1n) is 9.95. The lowest BCUT2D eigenvalue weighted by atomic mass is 9.85. The van der Waals surface area contributed by atoms with Crippen molar-refractivity contribution in [3.63, 3.8) is 0 Å². The second-order valence-corrected chi connectivity index (χ2v) is 10.4. The van der Waals surface area contributed by atoms with E-state index in [1.165, 1.54) is 13.1 Å². The molecule has 2 aromatic rings. The third-order valence-corrected chi connectivity index (χ3v) is 8.55. The Hall–Kier alpha value is -3.01. The number of nitrogens with one attached hydrogen (secondary N) is 3. The standard InChI is InChI=1S/C21H24FN5O3S/c1-12-9-14(22)11-24-18(12)19(28)25-15-8-7-13-5-4-6-17-21(2,16(13)10-15)26-20(23)27(3)31(17,29)30/h7-11,17H,4-6H2,1-3H3,(H2,23,26)(H,25,28)/t17?,21-/m1/s1. The van der Waals surface area contributed by atoms with E-state index in [1.807, 2.05) is 6.07 Å². The van der Waals surface area contributed by atoms with Crippen LogP contribution in [0, 0.1) is 18.2 Å². The third kappa shape index (κ3) is 3.44. The summed E-state index contributed by atoms with van der Waals surface area (Å²) in [4.78, 5) is 16.6. The molecular weight excluding hydrogens is 421 g/mol. The van der Waals surface area contributed by atoms with Crippen molar-refractivity contribution in [3.05, 3.63) is 58.7 Å². The van der Waals surface area contributed by atoms with Gasteiger partial charge in [-0.2, -0.15) is 0 Å². The normalized spacial score (nSPS) is 24.5. The molecule has 1 aliphatic carbocycles. The summed E-state index contributed by atoms with van der Waals surface area (Å²) in [5.74, 6) is -1.19. The van der Waals surface area contributed by atoms with Crippen LogP contribution in [0.4, 0.5) is 10.1 Å². The first kappa shape index (κ1) is 21.2. The summed E-state index contributed by atoms with van der Waals surface area (Å²) >= 11 is 0. The quantitative estimate of drug-likeness (QED) is 0.657. The predicted molar refractivity (Wildman–Crippen MR) is 115 cm³/mol. The van der Waals surface area contributed by atoms with Gasteiger partial charge in [-0.05, 0) is 68.0 Å². The van der Waals surface area contributed by atoms with E-state index in [-0.39, 0.29) is 11.7 Å². The summed E-state index contributed by atoms with van der Waals surface area (Å²) in [6.45, 7) is 3.39. The van der Waals surface area contributed by atoms with Crippen molar-refractivity contribution in [2.24, 2.45) is 0 Å². The summed E-state index contributed by atoms with van der Waals surface area (Å²) < 4.78 is 40.4. The van der Waals surface area contributed by atoms with E-state index in [1.54, 1.807) is 26.0 Å². The number of carbonyl (C=O) groups is 1. The SMILES string of the molecule is Cc1cc(F)cnc1C(=O)Nc1ccc2c(c1)[C@@]1(C)NC(=N)N(C)S(=O)(=O)C1CCC2. The molecule has 1 unspecified atom stereocenters. The fourth-order valence-electron chi connectivity index (χ4n) is 4.50. The van der Waals surface area contributed by atoms with Gasteiger partial charge in [-0.15, -0.1) is 0 Å². The molecule has 0 spiro atoms. The van der Waals surface area contributed by atoms with Crippen molar-refractivity contribution >= 4 is 27.6 Å². The van der Waals surface area contributed by atoms with Gasteiger partial charge >= 0.3 is 0 Å². The van der Waals surface area contributed by atoms with Gasteiger partial charge in [0.2, 0.25) is 16.0 Å². The highest BCUT2D eigenvalue weighted by Gasteiger charge is 2.52. The van der Waals surface area contributed by atoms with Crippen molar-refractivity contribution in [3.8, 4) is 0 Å². The number of aryl methyl sites for hydroxylation is 2. The Morgan fingerprint density at radius 2 is 2.13 bits per heavy atom. The van der Waals surface area contributed by atoms with Crippen molar-refractivity contribution in [2.45, 2.75) is 43.9 Å². The summed E-state index contributed by atoms with van der Waals surface area (Å²) in [6.07, 6.45) is 2.84. The number of guanidine groups is 1. The van der Waals surface area contributed by atoms with Crippen LogP contribution in [0.5, 0.6) is 0 Å². The maximum absolute atomic E-state index is 13.3. The molecule has 1 fully saturated rings. The smallest absolute Gasteiger partial charge is 0.274 e. The second-order valence-electron chi connectivity index (χ2n) is 8.21. The van der Waals surface area contributed by atoms with Gasteiger partial charge in [0, 0.05) is 12.7 Å². The van der Waals surface area contributed by atoms with Gasteiger partial charge in [0.1, 0.15) is 16.8 Å². The van der Waals surface area contributed by atoms with E-state index < -0.39 is 32.5 Å². The molecule has 1 amide bonds. The van der Waals surface area contributed by atoms with E-state index >= 15 is 0 Å². The lowest BCUT2D eigenvalue weighted by Gasteiger charge is -2.46. The van der Waals surface area contributed by atoms with Crippen LogP contribution < -0.4 is 10.6 Å². The van der Waals surface area contributed by atoms with Crippen LogP contribution in [-0.4, -0.2) is 41.9 Å². The second kappa shape index (κ2) is 7.30. The Morgan fingerprint density at radius 3 is 2.84 bits per heavy atom. The van der Waals surface area contributed by atoms with E-state index in [2.05, 4.69) is 15.6 Å². The Balaban J connectivity index is 1.74. The van der Waals surface area contributed by atoms with Gasteiger partial charge in [-0.25, -0.2) is 22.1 Å². The van der Waals surface area contributed by atoms with E-state index in [0.717, 1.165) is 21.6 Å². The van der Waals surface area contributed by atoms with Crippen molar-refractivity contribution in [1.29, 1.82) is 5.41 Å². The van der Waals surface area contributed by atoms with E-state index in [0.29, 0.717) is 30.5 Å². The number of benzene rings is 1. The summed E-state index contributed by atoms with van der Waals surface area (Å²) in [7, 11) is -2.33. The first-order chi connectivity index (χ1) is 14.5. The fraction of sp³-hybridized carbons (Fsp3) is 0.381. The summed E-state index contributed by atoms with van der Waals surface area (Å²) in [5.41, 5.74) is 1.69. The molecule has 10 heteroatoms. The van der Waals surface area contributed by atoms with E-state index in [4.69, 9.17) is 5.41 Å². The van der Waals surface area contributed by atoms with Crippen LogP contribution >= 0.6 is 0 Å². The summed E-state index contributed by atoms with van der Waals surface area (Å²) in [5, 5.41) is 13.3. The van der Waals surface area contributed by atoms with Gasteiger partial charge in [-0.1, -0.05) is 6.07 Å². The lowest BCUT2D eigenvalue weighted by molar-refractivity contribution is 0.102. The maximum atomic E-state index is 13.3. The number of aromatic nitrogens is 1. The van der Waals surface area contributed by atoms with Crippen LogP contribution in [0.3, 0.4) is 0 Å². The minimum absolute atomic E-state index is 0.113. The minimum Gasteiger partial charge on any atom is -0.345 e. The molecule has 1 aromatic heterocycles. The highest BCUT2D eigenvalue weighted by atomic mass is 32.2. The van der Waals surface area contributed by atoms with Crippen LogP contribution in [0.15, 0.2) is 30.5 Å². The van der Waals surface area contributed by atoms with Crippen LogP contribution in [0.1, 0.15) is 46.9 Å². The topological polar surface area (TPSA) is 115 Å². The number of hydrogen-bond acceptors (Lipinski definition) is 5. The lowest BCUT2D eigenvalue weighted by Crippen LogP contribution is -2.65. The number of carbonyl (C=O) groups excluding carboxylic acids is 1. The zero-order valence-corrected chi connectivity index (χ0v) is 18.3. The Kier molecular flexibility index (Phi) is 5.00. The third-order valence-electron chi connectivity index (χ3n) is 6.18. The number of fused-ring (bicyclic) bond motifs is 3. The molecule has 0 radical (unpaired) electrons. The van der Waals surface area contributed by atoms with Crippen LogP contribution in [0.25, 0.3) is 0 Å². The monoisotopic (exact) mass is 445 g/mol. The molecule has 1 aliphatic heterocycles. The first-order valence-corrected chi connectivity index (χ1v) is 11.5. The Bertz CT molecular complexity index is 1200. The minimum atomic E-state index is -3.71. The molecule has 3 N–H and O–H groups in total. The van der Waals surface area contributed by atoms with Gasteiger partial charge in [0.15, 0.2) is 0 Å². The summed E-state index contributed by atoms with van der Waals surface area (Å²) in [6, 6.07) is 6.63. The zero-order valence-electron chi connectivity index (χ0n) is 17.5. The highest BCUT2D eigenvalue weighted by Crippen LogP contribution is 2.42. The molecule has 0 bridgehead atoms. The number of nitrogens with zero attached hydrogens (tertiary/aromatic N) is 2. The molecule has 164 valence electrons. The van der Waals surface area contributed by atoms with Gasteiger partial charge in [0.05, 0.1) is 11.7 Å². The molecule has 2 atom stereocenters. The number of rotatable bonds is 2. The zero-order chi connectivity index (χ0) is 22.6. The molecule has 0 saturated carbocycles. The van der Waals surface area contributed by atoms with Crippen molar-refractivity contribution < 1.29 is 17.6 Å². The number of hydrogen-bond donors (Lipinski definition) is 3. The number of sulfonamides is 1. The van der Waals surface area contributed by atoms with Crippen molar-refractivity contribution in [2.75, 3.05) is 12.4 Å². The van der Waals surface area contributed by atoms with Gasteiger partial charge in [-0.3, -0.25) is 10.2 Å². The molecule has 1 saturated heterocycles. The molecular formula is C21H24FN5O3S. The molecule has 1 aromatic carbocycles. The molecule has 2 heterocycles. The van der Waals surface area contributed by atoms with Gasteiger partial charge in [0.25, 0.3) is 5.91 Å².